The normalized spacial score (nSPS) is 14.4. The number of nitro benzene ring substituents is 1. The smallest absolute Gasteiger partial charge is 0.270 e. The van der Waals surface area contributed by atoms with Gasteiger partial charge >= 0.3 is 0 Å². The van der Waals surface area contributed by atoms with Crippen molar-refractivity contribution >= 4 is 17.3 Å². The molecule has 208 valence electrons. The van der Waals surface area contributed by atoms with Crippen LogP contribution in [0.1, 0.15) is 40.1 Å². The van der Waals surface area contributed by atoms with E-state index < -0.39 is 11.1 Å². The topological polar surface area (TPSA) is 85.1 Å². The van der Waals surface area contributed by atoms with Gasteiger partial charge in [-0.05, 0) is 41.8 Å². The first-order valence-electron chi connectivity index (χ1n) is 13.4. The molecule has 4 aromatic carbocycles. The molecule has 5 rings (SSSR count). The van der Waals surface area contributed by atoms with Crippen LogP contribution in [0.3, 0.4) is 0 Å². The predicted octanol–water partition coefficient (Wildman–Crippen LogP) is 6.92. The summed E-state index contributed by atoms with van der Waals surface area (Å²) < 4.78 is 11.8. The minimum Gasteiger partial charge on any atom is -0.490 e. The van der Waals surface area contributed by atoms with Gasteiger partial charge < -0.3 is 19.3 Å². The van der Waals surface area contributed by atoms with Gasteiger partial charge in [0.2, 0.25) is 0 Å². The van der Waals surface area contributed by atoms with Gasteiger partial charge in [0.1, 0.15) is 12.8 Å². The Morgan fingerprint density at radius 1 is 0.854 bits per heavy atom. The van der Waals surface area contributed by atoms with E-state index >= 15 is 0 Å². The molecule has 8 heteroatoms. The molecule has 0 spiro atoms. The maximum atomic E-state index is 14.2. The lowest BCUT2D eigenvalue weighted by molar-refractivity contribution is -0.384. The number of anilines is 1. The van der Waals surface area contributed by atoms with Gasteiger partial charge in [0.25, 0.3) is 11.6 Å². The number of hydrogen-bond donors (Lipinski definition) is 0. The Kier molecular flexibility index (Phi) is 8.29. The molecule has 0 N–H and O–H groups in total. The standard InChI is InChI=1S/C33H31N3O5/c1-3-19-41-30-18-15-26(20-31(30)40-4-2)32-34(22-24-11-7-5-8-12-24)29-17-16-27(36(38)39)21-28(29)33(37)35(32)23-25-13-9-6-10-14-25/h3,5-18,20-21,32H,1,4,19,22-23H2,2H3/t32-/m1/s1. The molecule has 1 amide bonds. The zero-order valence-electron chi connectivity index (χ0n) is 22.8. The highest BCUT2D eigenvalue weighted by molar-refractivity contribution is 6.02. The van der Waals surface area contributed by atoms with Crippen LogP contribution in [-0.4, -0.2) is 28.9 Å². The van der Waals surface area contributed by atoms with Gasteiger partial charge in [-0.1, -0.05) is 79.4 Å². The molecule has 0 saturated heterocycles. The van der Waals surface area contributed by atoms with E-state index in [0.717, 1.165) is 16.7 Å². The van der Waals surface area contributed by atoms with Gasteiger partial charge in [0, 0.05) is 25.2 Å². The first kappa shape index (κ1) is 27.5. The third-order valence-corrected chi connectivity index (χ3v) is 6.90. The second-order valence-electron chi connectivity index (χ2n) is 9.60. The number of non-ortho nitro benzene ring substituents is 1. The fourth-order valence-electron chi connectivity index (χ4n) is 5.10. The molecule has 1 aliphatic heterocycles. The molecule has 8 nitrogen and oxygen atoms in total. The zero-order chi connectivity index (χ0) is 28.8. The van der Waals surface area contributed by atoms with E-state index in [-0.39, 0.29) is 11.6 Å². The average Bonchev–Trinajstić information content (AvgIpc) is 3.00. The maximum Gasteiger partial charge on any atom is 0.270 e. The molecule has 0 fully saturated rings. The maximum absolute atomic E-state index is 14.2. The van der Waals surface area contributed by atoms with Crippen molar-refractivity contribution in [2.75, 3.05) is 18.1 Å². The van der Waals surface area contributed by atoms with E-state index in [2.05, 4.69) is 11.5 Å². The number of fused-ring (bicyclic) bond motifs is 1. The third kappa shape index (κ3) is 5.91. The third-order valence-electron chi connectivity index (χ3n) is 6.90. The monoisotopic (exact) mass is 549 g/mol. The molecular formula is C33H31N3O5. The Balaban J connectivity index is 1.70. The minimum atomic E-state index is -0.537. The first-order chi connectivity index (χ1) is 20.0. The second-order valence-corrected chi connectivity index (χ2v) is 9.60. The van der Waals surface area contributed by atoms with Crippen LogP contribution in [0.5, 0.6) is 11.5 Å². The van der Waals surface area contributed by atoms with Crippen LogP contribution in [0.2, 0.25) is 0 Å². The number of hydrogen-bond acceptors (Lipinski definition) is 6. The van der Waals surface area contributed by atoms with Crippen LogP contribution in [-0.2, 0) is 13.1 Å². The largest absolute Gasteiger partial charge is 0.490 e. The van der Waals surface area contributed by atoms with Gasteiger partial charge in [-0.25, -0.2) is 0 Å². The summed E-state index contributed by atoms with van der Waals surface area (Å²) in [6.45, 7) is 7.16. The average molecular weight is 550 g/mol. The van der Waals surface area contributed by atoms with Crippen molar-refractivity contribution in [1.82, 2.24) is 4.90 Å². The van der Waals surface area contributed by atoms with E-state index in [9.17, 15) is 14.9 Å². The predicted molar refractivity (Wildman–Crippen MR) is 158 cm³/mol. The zero-order valence-corrected chi connectivity index (χ0v) is 22.8. The highest BCUT2D eigenvalue weighted by Crippen LogP contribution is 2.43. The molecule has 1 atom stereocenters. The van der Waals surface area contributed by atoms with E-state index in [1.54, 1.807) is 17.0 Å². The number of carbonyl (C=O) groups is 1. The SMILES string of the molecule is C=CCOc1ccc([C@H]2N(Cc3ccccc3)C(=O)c3cc([N+](=O)[O-])ccc3N2Cc2ccccc2)cc1OCC. The van der Waals surface area contributed by atoms with E-state index in [4.69, 9.17) is 9.47 Å². The molecule has 4 aromatic rings. The fourth-order valence-corrected chi connectivity index (χ4v) is 5.10. The van der Waals surface area contributed by atoms with Crippen LogP contribution >= 0.6 is 0 Å². The summed E-state index contributed by atoms with van der Waals surface area (Å²) in [5, 5.41) is 11.7. The highest BCUT2D eigenvalue weighted by atomic mass is 16.6. The molecule has 0 unspecified atom stereocenters. The van der Waals surface area contributed by atoms with Gasteiger partial charge in [-0.2, -0.15) is 0 Å². The van der Waals surface area contributed by atoms with Crippen LogP contribution in [0.15, 0.2) is 110 Å². The van der Waals surface area contributed by atoms with E-state index in [0.29, 0.717) is 49.1 Å². The summed E-state index contributed by atoms with van der Waals surface area (Å²) in [6.07, 6.45) is 1.13. The Morgan fingerprint density at radius 3 is 2.12 bits per heavy atom. The number of rotatable bonds is 11. The van der Waals surface area contributed by atoms with Crippen molar-refractivity contribution in [3.63, 3.8) is 0 Å². The van der Waals surface area contributed by atoms with E-state index in [1.165, 1.54) is 12.1 Å². The van der Waals surface area contributed by atoms with Crippen LogP contribution in [0.4, 0.5) is 11.4 Å². The minimum absolute atomic E-state index is 0.128. The summed E-state index contributed by atoms with van der Waals surface area (Å²) >= 11 is 0. The highest BCUT2D eigenvalue weighted by Gasteiger charge is 2.40. The molecule has 1 aliphatic rings. The Labute approximate surface area is 239 Å². The lowest BCUT2D eigenvalue weighted by Gasteiger charge is -2.46. The first-order valence-corrected chi connectivity index (χ1v) is 13.4. The van der Waals surface area contributed by atoms with Crippen molar-refractivity contribution in [2.24, 2.45) is 0 Å². The number of benzene rings is 4. The summed E-state index contributed by atoms with van der Waals surface area (Å²) in [5.74, 6) is 0.859. The van der Waals surface area contributed by atoms with Crippen LogP contribution in [0, 0.1) is 10.1 Å². The van der Waals surface area contributed by atoms with Gasteiger partial charge in [0.15, 0.2) is 11.5 Å². The van der Waals surface area contributed by atoms with Crippen molar-refractivity contribution in [3.05, 3.63) is 142 Å². The quantitative estimate of drug-likeness (QED) is 0.115. The molecule has 1 heterocycles. The van der Waals surface area contributed by atoms with Crippen LogP contribution < -0.4 is 14.4 Å². The molecule has 0 aliphatic carbocycles. The van der Waals surface area contributed by atoms with Gasteiger partial charge in [-0.15, -0.1) is 0 Å². The second kappa shape index (κ2) is 12.4. The van der Waals surface area contributed by atoms with Crippen molar-refractivity contribution < 1.29 is 19.2 Å². The van der Waals surface area contributed by atoms with Crippen molar-refractivity contribution in [3.8, 4) is 11.5 Å². The molecule has 0 saturated carbocycles. The van der Waals surface area contributed by atoms with Crippen molar-refractivity contribution in [1.29, 1.82) is 0 Å². The van der Waals surface area contributed by atoms with Crippen molar-refractivity contribution in [2.45, 2.75) is 26.2 Å². The summed E-state index contributed by atoms with van der Waals surface area (Å²) in [5.41, 5.74) is 3.59. The van der Waals surface area contributed by atoms with Gasteiger partial charge in [-0.3, -0.25) is 14.9 Å². The molecule has 0 aromatic heterocycles. The fraction of sp³-hybridized carbons (Fsp3) is 0.182. The lowest BCUT2D eigenvalue weighted by atomic mass is 9.98. The summed E-state index contributed by atoms with van der Waals surface area (Å²) in [6, 6.07) is 29.9. The number of ether oxygens (including phenoxy) is 2. The summed E-state index contributed by atoms with van der Waals surface area (Å²) in [7, 11) is 0. The number of amides is 1. The molecular weight excluding hydrogens is 518 g/mol. The number of carbonyl (C=O) groups excluding carboxylic acids is 1. The summed E-state index contributed by atoms with van der Waals surface area (Å²) in [4.78, 5) is 29.3. The Bertz CT molecular complexity index is 1540. The molecule has 41 heavy (non-hydrogen) atoms. The van der Waals surface area contributed by atoms with Gasteiger partial charge in [0.05, 0.1) is 22.8 Å². The Hall–Kier alpha value is -5.11. The van der Waals surface area contributed by atoms with Crippen LogP contribution in [0.25, 0.3) is 0 Å². The number of nitrogens with zero attached hydrogens (tertiary/aromatic N) is 3. The number of nitro groups is 1. The lowest BCUT2D eigenvalue weighted by Crippen LogP contribution is -2.48. The molecule has 0 bridgehead atoms. The van der Waals surface area contributed by atoms with E-state index in [1.807, 2.05) is 85.8 Å². The molecule has 0 radical (unpaired) electrons. The Morgan fingerprint density at radius 2 is 1.51 bits per heavy atom.